The van der Waals surface area contributed by atoms with Crippen LogP contribution in [0.3, 0.4) is 0 Å². The molecule has 0 bridgehead atoms. The summed E-state index contributed by atoms with van der Waals surface area (Å²) in [6, 6.07) is 7.72. The Morgan fingerprint density at radius 2 is 2.15 bits per heavy atom. The molecule has 1 aliphatic carbocycles. The highest BCUT2D eigenvalue weighted by atomic mass is 32.1. The van der Waals surface area contributed by atoms with Crippen LogP contribution in [0.15, 0.2) is 30.3 Å². The fourth-order valence-corrected chi connectivity index (χ4v) is 5.59. The maximum absolute atomic E-state index is 13.8. The molecule has 3 atom stereocenters. The molecule has 33 heavy (non-hydrogen) atoms. The topological polar surface area (TPSA) is 106 Å². The average Bonchev–Trinajstić information content (AvgIpc) is 3.11. The Bertz CT molecular complexity index is 1240. The minimum absolute atomic E-state index is 0.117. The standard InChI is InChI=1S/C23H25FN6O2S/c1-3-30-17(7-12(2)28-30)21(31)26-10-18-16-9-14(16)11-29(18)22(32)19-20(33-23(25)27-19)13-5-4-6-15(24)8-13/h4-8,14,16,18H,3,9-11H2,1-2H3,(H2,25,27)(H,26,31)/t14-,16-,18+/m0/s1. The Morgan fingerprint density at radius 1 is 1.33 bits per heavy atom. The van der Waals surface area contributed by atoms with Crippen LogP contribution in [0.4, 0.5) is 9.52 Å². The molecule has 2 aromatic heterocycles. The molecule has 172 valence electrons. The number of carbonyl (C=O) groups is 2. The van der Waals surface area contributed by atoms with Gasteiger partial charge in [-0.25, -0.2) is 9.37 Å². The van der Waals surface area contributed by atoms with Gasteiger partial charge in [-0.05, 0) is 55.9 Å². The maximum atomic E-state index is 13.8. The number of nitrogens with zero attached hydrogens (tertiary/aromatic N) is 4. The van der Waals surface area contributed by atoms with Gasteiger partial charge < -0.3 is 16.0 Å². The third-order valence-corrected chi connectivity index (χ3v) is 7.34. The molecular weight excluding hydrogens is 443 g/mol. The smallest absolute Gasteiger partial charge is 0.274 e. The van der Waals surface area contributed by atoms with E-state index in [1.807, 2.05) is 13.8 Å². The van der Waals surface area contributed by atoms with E-state index in [9.17, 15) is 14.0 Å². The van der Waals surface area contributed by atoms with E-state index < -0.39 is 0 Å². The molecule has 0 spiro atoms. The number of hydrogen-bond donors (Lipinski definition) is 2. The molecule has 0 radical (unpaired) electrons. The van der Waals surface area contributed by atoms with E-state index >= 15 is 0 Å². The lowest BCUT2D eigenvalue weighted by Crippen LogP contribution is -2.46. The predicted octanol–water partition coefficient (Wildman–Crippen LogP) is 2.95. The number of amides is 2. The van der Waals surface area contributed by atoms with Crippen molar-refractivity contribution in [1.82, 2.24) is 25.0 Å². The molecule has 8 nitrogen and oxygen atoms in total. The second kappa shape index (κ2) is 8.26. The minimum atomic E-state index is -0.387. The van der Waals surface area contributed by atoms with Gasteiger partial charge >= 0.3 is 0 Å². The fraction of sp³-hybridized carbons (Fsp3) is 0.391. The van der Waals surface area contributed by atoms with Crippen LogP contribution in [0, 0.1) is 24.6 Å². The van der Waals surface area contributed by atoms with Crippen LogP contribution >= 0.6 is 11.3 Å². The molecule has 2 aliphatic rings. The highest BCUT2D eigenvalue weighted by molar-refractivity contribution is 7.19. The summed E-state index contributed by atoms with van der Waals surface area (Å²) in [7, 11) is 0. The largest absolute Gasteiger partial charge is 0.375 e. The third kappa shape index (κ3) is 3.99. The average molecular weight is 469 g/mol. The number of nitrogens with one attached hydrogen (secondary N) is 1. The maximum Gasteiger partial charge on any atom is 0.274 e. The second-order valence-electron chi connectivity index (χ2n) is 8.62. The van der Waals surface area contributed by atoms with E-state index in [4.69, 9.17) is 5.73 Å². The van der Waals surface area contributed by atoms with Crippen molar-refractivity contribution in [1.29, 1.82) is 0 Å². The van der Waals surface area contributed by atoms with Gasteiger partial charge in [0.2, 0.25) is 0 Å². The van der Waals surface area contributed by atoms with Crippen LogP contribution in [-0.4, -0.2) is 50.6 Å². The number of aromatic nitrogens is 3. The number of rotatable bonds is 6. The number of nitrogen functional groups attached to an aromatic ring is 1. The molecule has 3 aromatic rings. The van der Waals surface area contributed by atoms with E-state index in [0.29, 0.717) is 47.6 Å². The zero-order valence-electron chi connectivity index (χ0n) is 18.4. The Morgan fingerprint density at radius 3 is 2.91 bits per heavy atom. The Labute approximate surface area is 194 Å². The first-order valence-electron chi connectivity index (χ1n) is 11.0. The van der Waals surface area contributed by atoms with Crippen molar-refractivity contribution in [2.45, 2.75) is 32.9 Å². The van der Waals surface area contributed by atoms with E-state index in [0.717, 1.165) is 12.1 Å². The molecule has 0 unspecified atom stereocenters. The van der Waals surface area contributed by atoms with E-state index in [1.54, 1.807) is 27.8 Å². The summed E-state index contributed by atoms with van der Waals surface area (Å²) in [6.07, 6.45) is 1.05. The number of fused-ring (bicyclic) bond motifs is 1. The zero-order chi connectivity index (χ0) is 23.3. The number of halogens is 1. The molecule has 1 saturated heterocycles. The predicted molar refractivity (Wildman–Crippen MR) is 123 cm³/mol. The summed E-state index contributed by atoms with van der Waals surface area (Å²) in [5, 5.41) is 7.58. The van der Waals surface area contributed by atoms with E-state index in [1.165, 1.54) is 23.5 Å². The number of nitrogens with two attached hydrogens (primary N) is 1. The van der Waals surface area contributed by atoms with Gasteiger partial charge in [0.05, 0.1) is 16.6 Å². The number of hydrogen-bond acceptors (Lipinski definition) is 6. The first kappa shape index (κ1) is 21.6. The first-order chi connectivity index (χ1) is 15.9. The van der Waals surface area contributed by atoms with Crippen LogP contribution in [0.5, 0.6) is 0 Å². The van der Waals surface area contributed by atoms with Gasteiger partial charge in [-0.3, -0.25) is 14.3 Å². The number of piperidine rings is 1. The van der Waals surface area contributed by atoms with E-state index in [-0.39, 0.29) is 34.5 Å². The van der Waals surface area contributed by atoms with Crippen molar-refractivity contribution in [3.8, 4) is 10.4 Å². The molecule has 1 aromatic carbocycles. The van der Waals surface area contributed by atoms with Crippen LogP contribution in [-0.2, 0) is 6.54 Å². The van der Waals surface area contributed by atoms with Crippen LogP contribution in [0.2, 0.25) is 0 Å². The lowest BCUT2D eigenvalue weighted by molar-refractivity contribution is 0.0690. The number of anilines is 1. The van der Waals surface area contributed by atoms with Gasteiger partial charge in [-0.2, -0.15) is 5.10 Å². The van der Waals surface area contributed by atoms with Crippen molar-refractivity contribution in [2.75, 3.05) is 18.8 Å². The van der Waals surface area contributed by atoms with Crippen molar-refractivity contribution in [2.24, 2.45) is 11.8 Å². The van der Waals surface area contributed by atoms with Crippen molar-refractivity contribution < 1.29 is 14.0 Å². The Balaban J connectivity index is 1.36. The Kier molecular flexibility index (Phi) is 5.40. The summed E-state index contributed by atoms with van der Waals surface area (Å²) in [5.74, 6) is -0.0219. The number of benzene rings is 1. The quantitative estimate of drug-likeness (QED) is 0.579. The number of thiazole rings is 1. The zero-order valence-corrected chi connectivity index (χ0v) is 19.2. The van der Waals surface area contributed by atoms with Crippen molar-refractivity contribution in [3.05, 3.63) is 53.2 Å². The molecule has 3 N–H and O–H groups in total. The van der Waals surface area contributed by atoms with Gasteiger partial charge in [-0.1, -0.05) is 23.5 Å². The molecular formula is C23H25FN6O2S. The minimum Gasteiger partial charge on any atom is -0.375 e. The first-order valence-corrected chi connectivity index (χ1v) is 11.8. The Hall–Kier alpha value is -3.27. The molecule has 5 rings (SSSR count). The van der Waals surface area contributed by atoms with Crippen LogP contribution in [0.1, 0.15) is 40.0 Å². The number of aryl methyl sites for hydroxylation is 2. The summed E-state index contributed by atoms with van der Waals surface area (Å²) in [6.45, 7) is 5.37. The summed E-state index contributed by atoms with van der Waals surface area (Å²) >= 11 is 1.17. The summed E-state index contributed by atoms with van der Waals surface area (Å²) in [4.78, 5) is 33.0. The third-order valence-electron chi connectivity index (χ3n) is 6.40. The number of likely N-dealkylation sites (tertiary alicyclic amines) is 1. The SMILES string of the molecule is CCn1nc(C)cc1C(=O)NC[C@@H]1[C@H]2C[C@H]2CN1C(=O)c1nc(N)sc1-c1cccc(F)c1. The van der Waals surface area contributed by atoms with Gasteiger partial charge in [0.15, 0.2) is 5.13 Å². The second-order valence-corrected chi connectivity index (χ2v) is 9.65. The van der Waals surface area contributed by atoms with E-state index in [2.05, 4.69) is 15.4 Å². The molecule has 2 amide bonds. The van der Waals surface area contributed by atoms with Crippen molar-refractivity contribution in [3.63, 3.8) is 0 Å². The molecule has 1 aliphatic heterocycles. The molecule has 10 heteroatoms. The highest BCUT2D eigenvalue weighted by Crippen LogP contribution is 2.50. The van der Waals surface area contributed by atoms with Gasteiger partial charge in [-0.15, -0.1) is 0 Å². The normalized spacial score (nSPS) is 21.2. The van der Waals surface area contributed by atoms with Gasteiger partial charge in [0.25, 0.3) is 11.8 Å². The highest BCUT2D eigenvalue weighted by Gasteiger charge is 2.54. The molecule has 3 heterocycles. The van der Waals surface area contributed by atoms with Gasteiger partial charge in [0.1, 0.15) is 17.2 Å². The fourth-order valence-electron chi connectivity index (χ4n) is 4.77. The monoisotopic (exact) mass is 468 g/mol. The lowest BCUT2D eigenvalue weighted by Gasteiger charge is -2.27. The number of carbonyl (C=O) groups excluding carboxylic acids is 2. The molecule has 2 fully saturated rings. The van der Waals surface area contributed by atoms with Crippen LogP contribution in [0.25, 0.3) is 10.4 Å². The summed E-state index contributed by atoms with van der Waals surface area (Å²) < 4.78 is 15.5. The summed E-state index contributed by atoms with van der Waals surface area (Å²) in [5.41, 5.74) is 8.04. The van der Waals surface area contributed by atoms with Crippen LogP contribution < -0.4 is 11.1 Å². The van der Waals surface area contributed by atoms with Gasteiger partial charge in [0, 0.05) is 19.6 Å². The lowest BCUT2D eigenvalue weighted by atomic mass is 10.1. The molecule has 1 saturated carbocycles. The van der Waals surface area contributed by atoms with Crippen molar-refractivity contribution >= 4 is 28.3 Å².